The van der Waals surface area contributed by atoms with Crippen molar-refractivity contribution in [3.63, 3.8) is 0 Å². The van der Waals surface area contributed by atoms with Gasteiger partial charge >= 0.3 is 6.03 Å². The molecule has 0 unspecified atom stereocenters. The predicted octanol–water partition coefficient (Wildman–Crippen LogP) is 2.27. The summed E-state index contributed by atoms with van der Waals surface area (Å²) in [5.74, 6) is 1.34. The fraction of sp³-hybridized carbons (Fsp3) is 0.450. The van der Waals surface area contributed by atoms with Crippen molar-refractivity contribution in [1.82, 2.24) is 19.8 Å². The second-order valence-corrected chi connectivity index (χ2v) is 7.42. The summed E-state index contributed by atoms with van der Waals surface area (Å²) >= 11 is 0. The van der Waals surface area contributed by atoms with Crippen LogP contribution in [0.5, 0.6) is 0 Å². The molecule has 0 bridgehead atoms. The second-order valence-electron chi connectivity index (χ2n) is 7.42. The number of hydrogen-bond acceptors (Lipinski definition) is 5. The Bertz CT molecular complexity index is 881. The monoisotopic (exact) mass is 384 g/mol. The Kier molecular flexibility index (Phi) is 5.13. The van der Waals surface area contributed by atoms with Gasteiger partial charge in [-0.15, -0.1) is 0 Å². The van der Waals surface area contributed by atoms with Crippen molar-refractivity contribution in [1.29, 1.82) is 0 Å². The second kappa shape index (κ2) is 7.71. The van der Waals surface area contributed by atoms with Gasteiger partial charge < -0.3 is 20.0 Å². The minimum Gasteiger partial charge on any atom is -0.354 e. The number of anilines is 2. The number of benzene rings is 1. The number of aryl methyl sites for hydroxylation is 1. The number of piperazine rings is 1. The lowest BCUT2D eigenvalue weighted by Crippen LogP contribution is -2.46. The number of amides is 2. The summed E-state index contributed by atoms with van der Waals surface area (Å²) in [5.41, 5.74) is 2.50. The number of likely N-dealkylation sites (N-methyl/N-ethyl adjacent to an activating group) is 1. The van der Waals surface area contributed by atoms with Gasteiger partial charge in [-0.25, -0.2) is 19.2 Å². The van der Waals surface area contributed by atoms with E-state index in [1.165, 1.54) is 12.1 Å². The maximum absolute atomic E-state index is 13.4. The molecule has 0 radical (unpaired) electrons. The molecule has 4 rings (SSSR count). The molecule has 2 aromatic rings. The molecule has 0 atom stereocenters. The topological polar surface area (TPSA) is 64.6 Å². The molecular weight excluding hydrogens is 359 g/mol. The third-order valence-electron chi connectivity index (χ3n) is 5.32. The zero-order chi connectivity index (χ0) is 19.7. The summed E-state index contributed by atoms with van der Waals surface area (Å²) in [6.07, 6.45) is 0.690. The first kappa shape index (κ1) is 18.6. The van der Waals surface area contributed by atoms with Gasteiger partial charge in [0.05, 0.1) is 12.2 Å². The van der Waals surface area contributed by atoms with E-state index in [1.54, 1.807) is 17.0 Å². The van der Waals surface area contributed by atoms with Crippen molar-refractivity contribution in [3.05, 3.63) is 47.2 Å². The highest BCUT2D eigenvalue weighted by atomic mass is 19.1. The lowest BCUT2D eigenvalue weighted by Gasteiger charge is -2.37. The van der Waals surface area contributed by atoms with Crippen molar-refractivity contribution in [2.75, 3.05) is 50.0 Å². The molecule has 1 N–H and O–H groups in total. The molecule has 148 valence electrons. The van der Waals surface area contributed by atoms with Gasteiger partial charge in [0.25, 0.3) is 0 Å². The SMILES string of the molecule is Cc1nc2c(c(N3CCN(C)CC3)n1)CN(C(=O)Nc1cccc(F)c1)CC2. The maximum Gasteiger partial charge on any atom is 0.322 e. The summed E-state index contributed by atoms with van der Waals surface area (Å²) < 4.78 is 13.4. The van der Waals surface area contributed by atoms with Gasteiger partial charge in [0.15, 0.2) is 0 Å². The molecule has 2 amide bonds. The van der Waals surface area contributed by atoms with E-state index in [-0.39, 0.29) is 11.8 Å². The number of aromatic nitrogens is 2. The minimum atomic E-state index is -0.372. The summed E-state index contributed by atoms with van der Waals surface area (Å²) in [4.78, 5) is 28.4. The van der Waals surface area contributed by atoms with Gasteiger partial charge in [-0.1, -0.05) is 6.07 Å². The zero-order valence-corrected chi connectivity index (χ0v) is 16.3. The summed E-state index contributed by atoms with van der Waals surface area (Å²) in [6.45, 7) is 6.75. The predicted molar refractivity (Wildman–Crippen MR) is 106 cm³/mol. The van der Waals surface area contributed by atoms with Gasteiger partial charge in [0.1, 0.15) is 17.5 Å². The first-order chi connectivity index (χ1) is 13.5. The smallest absolute Gasteiger partial charge is 0.322 e. The Balaban J connectivity index is 1.54. The summed E-state index contributed by atoms with van der Waals surface area (Å²) in [6, 6.07) is 5.70. The molecule has 0 spiro atoms. The molecule has 28 heavy (non-hydrogen) atoms. The summed E-state index contributed by atoms with van der Waals surface area (Å²) in [7, 11) is 2.12. The third-order valence-corrected chi connectivity index (χ3v) is 5.32. The van der Waals surface area contributed by atoms with E-state index in [0.29, 0.717) is 25.2 Å². The van der Waals surface area contributed by atoms with Gasteiger partial charge in [0.2, 0.25) is 0 Å². The summed E-state index contributed by atoms with van der Waals surface area (Å²) in [5, 5.41) is 2.79. The van der Waals surface area contributed by atoms with Crippen LogP contribution in [0, 0.1) is 12.7 Å². The Morgan fingerprint density at radius 3 is 2.68 bits per heavy atom. The van der Waals surface area contributed by atoms with Crippen LogP contribution in [0.15, 0.2) is 24.3 Å². The fourth-order valence-corrected chi connectivity index (χ4v) is 3.74. The molecular formula is C20H25FN6O. The highest BCUT2D eigenvalue weighted by molar-refractivity contribution is 5.89. The van der Waals surface area contributed by atoms with Crippen molar-refractivity contribution < 1.29 is 9.18 Å². The van der Waals surface area contributed by atoms with Crippen LogP contribution in [0.25, 0.3) is 0 Å². The Hall–Kier alpha value is -2.74. The van der Waals surface area contributed by atoms with Crippen LogP contribution >= 0.6 is 0 Å². The number of urea groups is 1. The van der Waals surface area contributed by atoms with Crippen LogP contribution in [0.2, 0.25) is 0 Å². The van der Waals surface area contributed by atoms with Gasteiger partial charge in [0, 0.05) is 50.4 Å². The number of nitrogens with zero attached hydrogens (tertiary/aromatic N) is 5. The van der Waals surface area contributed by atoms with E-state index in [1.807, 2.05) is 6.92 Å². The van der Waals surface area contributed by atoms with Gasteiger partial charge in [-0.3, -0.25) is 0 Å². The highest BCUT2D eigenvalue weighted by Gasteiger charge is 2.28. The van der Waals surface area contributed by atoms with Crippen LogP contribution in [0.4, 0.5) is 20.7 Å². The molecule has 0 saturated carbocycles. The number of carbonyl (C=O) groups excluding carboxylic acids is 1. The van der Waals surface area contributed by atoms with Crippen molar-refractivity contribution in [2.45, 2.75) is 19.9 Å². The van der Waals surface area contributed by atoms with Crippen molar-refractivity contribution >= 4 is 17.5 Å². The van der Waals surface area contributed by atoms with Gasteiger partial charge in [-0.05, 0) is 32.2 Å². The molecule has 1 fully saturated rings. The van der Waals surface area contributed by atoms with Crippen LogP contribution in [-0.4, -0.2) is 65.6 Å². The van der Waals surface area contributed by atoms with E-state index in [9.17, 15) is 9.18 Å². The molecule has 1 saturated heterocycles. The minimum absolute atomic E-state index is 0.235. The third kappa shape index (κ3) is 3.91. The van der Waals surface area contributed by atoms with E-state index in [2.05, 4.69) is 27.1 Å². The molecule has 1 aromatic heterocycles. The highest BCUT2D eigenvalue weighted by Crippen LogP contribution is 2.28. The number of hydrogen-bond donors (Lipinski definition) is 1. The van der Waals surface area contributed by atoms with Crippen LogP contribution in [0.1, 0.15) is 17.1 Å². The molecule has 8 heteroatoms. The average Bonchev–Trinajstić information content (AvgIpc) is 2.67. The lowest BCUT2D eigenvalue weighted by molar-refractivity contribution is 0.205. The first-order valence-electron chi connectivity index (χ1n) is 9.61. The quantitative estimate of drug-likeness (QED) is 0.861. The number of rotatable bonds is 2. The van der Waals surface area contributed by atoms with Crippen molar-refractivity contribution in [2.24, 2.45) is 0 Å². The van der Waals surface area contributed by atoms with Crippen LogP contribution in [0.3, 0.4) is 0 Å². The maximum atomic E-state index is 13.4. The number of carbonyl (C=O) groups is 1. The number of halogens is 1. The van der Waals surface area contributed by atoms with E-state index >= 15 is 0 Å². The molecule has 2 aliphatic heterocycles. The van der Waals surface area contributed by atoms with Crippen LogP contribution < -0.4 is 10.2 Å². The lowest BCUT2D eigenvalue weighted by atomic mass is 10.1. The largest absolute Gasteiger partial charge is 0.354 e. The average molecular weight is 384 g/mol. The Morgan fingerprint density at radius 1 is 1.14 bits per heavy atom. The molecule has 7 nitrogen and oxygen atoms in total. The van der Waals surface area contributed by atoms with E-state index in [4.69, 9.17) is 4.98 Å². The first-order valence-corrected chi connectivity index (χ1v) is 9.61. The van der Waals surface area contributed by atoms with Crippen LogP contribution in [-0.2, 0) is 13.0 Å². The Morgan fingerprint density at radius 2 is 1.93 bits per heavy atom. The Labute approximate surface area is 164 Å². The number of nitrogens with one attached hydrogen (secondary N) is 1. The van der Waals surface area contributed by atoms with Gasteiger partial charge in [-0.2, -0.15) is 0 Å². The zero-order valence-electron chi connectivity index (χ0n) is 16.3. The van der Waals surface area contributed by atoms with E-state index in [0.717, 1.165) is 49.1 Å². The molecule has 1 aromatic carbocycles. The standard InChI is InChI=1S/C20H25FN6O/c1-14-22-18-6-7-27(20(28)24-16-5-3-4-15(21)12-16)13-17(18)19(23-14)26-10-8-25(2)9-11-26/h3-5,12H,6-11,13H2,1-2H3,(H,24,28). The van der Waals surface area contributed by atoms with Crippen molar-refractivity contribution in [3.8, 4) is 0 Å². The van der Waals surface area contributed by atoms with E-state index < -0.39 is 0 Å². The number of fused-ring (bicyclic) bond motifs is 1. The normalized spacial score (nSPS) is 17.4. The molecule has 3 heterocycles. The molecule has 0 aliphatic carbocycles. The fourth-order valence-electron chi connectivity index (χ4n) is 3.74. The molecule has 2 aliphatic rings.